The zero-order chi connectivity index (χ0) is 38.6. The van der Waals surface area contributed by atoms with Gasteiger partial charge in [0.1, 0.15) is 22.9 Å². The summed E-state index contributed by atoms with van der Waals surface area (Å²) < 4.78 is 37.4. The molecule has 2 aromatic carbocycles. The van der Waals surface area contributed by atoms with Crippen LogP contribution in [0.15, 0.2) is 72.0 Å². The van der Waals surface area contributed by atoms with Crippen LogP contribution in [-0.2, 0) is 33.3 Å². The number of aliphatic hydroxyl groups excluding tert-OH is 1. The lowest BCUT2D eigenvalue weighted by atomic mass is 9.85. The summed E-state index contributed by atoms with van der Waals surface area (Å²) in [7, 11) is 0. The van der Waals surface area contributed by atoms with Crippen molar-refractivity contribution in [3.63, 3.8) is 0 Å². The van der Waals surface area contributed by atoms with E-state index in [0.717, 1.165) is 6.92 Å². The fraction of sp³-hybridized carbons (Fsp3) is 0.405. The highest BCUT2D eigenvalue weighted by Crippen LogP contribution is 2.45. The van der Waals surface area contributed by atoms with E-state index < -0.39 is 48.2 Å². The zero-order valence-corrected chi connectivity index (χ0v) is 29.8. The molecule has 0 aromatic heterocycles. The molecule has 1 aliphatic heterocycles. The van der Waals surface area contributed by atoms with Gasteiger partial charge in [-0.1, -0.05) is 30.4 Å². The Hall–Kier alpha value is -5.26. The maximum Gasteiger partial charge on any atom is 0.411 e. The first-order chi connectivity index (χ1) is 25.1. The maximum atomic E-state index is 13.4. The van der Waals surface area contributed by atoms with Crippen molar-refractivity contribution in [2.45, 2.75) is 45.4 Å². The Balaban J connectivity index is 1.31. The van der Waals surface area contributed by atoms with Crippen molar-refractivity contribution in [2.24, 2.45) is 0 Å². The number of carbonyl (C=O) groups is 4. The fourth-order valence-corrected chi connectivity index (χ4v) is 4.98. The van der Waals surface area contributed by atoms with Crippen LogP contribution < -0.4 is 20.1 Å². The summed E-state index contributed by atoms with van der Waals surface area (Å²) in [5.74, 6) is -3.32. The summed E-state index contributed by atoms with van der Waals surface area (Å²) in [6.07, 6.45) is 2.90. The molecule has 0 saturated carbocycles. The summed E-state index contributed by atoms with van der Waals surface area (Å²) in [4.78, 5) is 49.3. The zero-order valence-electron chi connectivity index (χ0n) is 29.8. The van der Waals surface area contributed by atoms with E-state index in [0.29, 0.717) is 39.5 Å². The molecule has 1 heterocycles. The molecule has 2 amide bonds. The van der Waals surface area contributed by atoms with Gasteiger partial charge in [0, 0.05) is 42.8 Å². The normalized spacial score (nSPS) is 14.9. The average molecular weight is 741 g/mol. The van der Waals surface area contributed by atoms with Crippen molar-refractivity contribution in [1.29, 1.82) is 0 Å². The number of aliphatic hydroxyl groups is 3. The molecule has 0 fully saturated rings. The van der Waals surface area contributed by atoms with Crippen molar-refractivity contribution in [3.8, 4) is 11.5 Å². The van der Waals surface area contributed by atoms with Gasteiger partial charge in [-0.2, -0.15) is 0 Å². The maximum absolute atomic E-state index is 13.4. The molecule has 4 rings (SSSR count). The van der Waals surface area contributed by atoms with Gasteiger partial charge < -0.3 is 59.1 Å². The number of carbonyl (C=O) groups excluding carboxylic acids is 4. The van der Waals surface area contributed by atoms with E-state index in [-0.39, 0.29) is 51.7 Å². The summed E-state index contributed by atoms with van der Waals surface area (Å²) in [5, 5.41) is 33.2. The minimum Gasteiger partial charge on any atom is -0.482 e. The lowest BCUT2D eigenvalue weighted by Crippen LogP contribution is -2.37. The molecular formula is C37H44N2O14. The van der Waals surface area contributed by atoms with E-state index in [9.17, 15) is 24.3 Å². The Labute approximate surface area is 305 Å². The number of benzene rings is 2. The molecule has 0 bridgehead atoms. The lowest BCUT2D eigenvalue weighted by Gasteiger charge is -2.28. The van der Waals surface area contributed by atoms with Gasteiger partial charge in [-0.05, 0) is 50.6 Å². The average Bonchev–Trinajstić information content (AvgIpc) is 3.07. The van der Waals surface area contributed by atoms with Crippen LogP contribution in [0.5, 0.6) is 11.5 Å². The van der Waals surface area contributed by atoms with E-state index in [4.69, 9.17) is 38.6 Å². The van der Waals surface area contributed by atoms with Gasteiger partial charge >= 0.3 is 24.0 Å². The second-order valence-electron chi connectivity index (χ2n) is 12.8. The number of fused-ring (bicyclic) bond motifs is 2. The van der Waals surface area contributed by atoms with Gasteiger partial charge in [0.15, 0.2) is 13.2 Å². The number of amides is 2. The molecule has 2 aromatic rings. The van der Waals surface area contributed by atoms with Crippen LogP contribution in [0.25, 0.3) is 5.57 Å². The van der Waals surface area contributed by atoms with Gasteiger partial charge in [-0.25, -0.2) is 14.4 Å². The van der Waals surface area contributed by atoms with Crippen molar-refractivity contribution in [1.82, 2.24) is 10.6 Å². The standard InChI is InChI=1S/C37H44N2O14/c1-36(2,3)52-32(42)22-49-24-10-12-28-30(20-24)51-29-19-23(40)9-11-27(29)33(28)25-7-5-6-8-26(25)34(43)50-21-31(41)38-13-15-47-17-18-48-16-14-39-35(44)53-37(4,45)46/h5-12,19-20,23,40,45-46H,13-18,21-22H2,1-4H3,(H,38,41)(H,39,44). The summed E-state index contributed by atoms with van der Waals surface area (Å²) in [6, 6.07) is 11.8. The first kappa shape index (κ1) is 40.5. The smallest absolute Gasteiger partial charge is 0.411 e. The van der Waals surface area contributed by atoms with Gasteiger partial charge in [0.2, 0.25) is 0 Å². The molecule has 1 atom stereocenters. The number of allylic oxidation sites excluding steroid dienone is 1. The van der Waals surface area contributed by atoms with Crippen molar-refractivity contribution < 1.29 is 67.7 Å². The second-order valence-corrected chi connectivity index (χ2v) is 12.8. The van der Waals surface area contributed by atoms with Crippen LogP contribution in [0, 0.1) is 0 Å². The highest BCUT2D eigenvalue weighted by molar-refractivity contribution is 6.01. The van der Waals surface area contributed by atoms with Crippen molar-refractivity contribution >= 4 is 29.5 Å². The molecule has 16 nitrogen and oxygen atoms in total. The Morgan fingerprint density at radius 1 is 0.849 bits per heavy atom. The Bertz CT molecular complexity index is 1740. The van der Waals surface area contributed by atoms with E-state index in [1.165, 1.54) is 6.08 Å². The Morgan fingerprint density at radius 3 is 2.25 bits per heavy atom. The van der Waals surface area contributed by atoms with Gasteiger partial charge in [0.05, 0.1) is 38.1 Å². The topological polar surface area (TPSA) is 218 Å². The van der Waals surface area contributed by atoms with Crippen molar-refractivity contribution in [2.75, 3.05) is 52.7 Å². The molecule has 53 heavy (non-hydrogen) atoms. The predicted molar refractivity (Wildman–Crippen MR) is 186 cm³/mol. The fourth-order valence-electron chi connectivity index (χ4n) is 4.98. The second kappa shape index (κ2) is 18.5. The summed E-state index contributed by atoms with van der Waals surface area (Å²) in [6.45, 7) is 6.21. The van der Waals surface area contributed by atoms with Crippen LogP contribution in [0.3, 0.4) is 0 Å². The molecule has 16 heteroatoms. The summed E-state index contributed by atoms with van der Waals surface area (Å²) in [5.41, 5.74) is 1.86. The molecule has 286 valence electrons. The van der Waals surface area contributed by atoms with Crippen LogP contribution >= 0.6 is 0 Å². The quantitative estimate of drug-likeness (QED) is 0.0680. The first-order valence-electron chi connectivity index (χ1n) is 16.7. The number of hydrogen-bond acceptors (Lipinski definition) is 14. The first-order valence-corrected chi connectivity index (χ1v) is 16.7. The third-order valence-electron chi connectivity index (χ3n) is 7.03. The van der Waals surface area contributed by atoms with E-state index in [2.05, 4.69) is 15.4 Å². The molecule has 1 unspecified atom stereocenters. The van der Waals surface area contributed by atoms with Crippen LogP contribution in [0.4, 0.5) is 4.79 Å². The number of hydrogen-bond donors (Lipinski definition) is 5. The van der Waals surface area contributed by atoms with Gasteiger partial charge in [-0.3, -0.25) is 4.79 Å². The third-order valence-corrected chi connectivity index (χ3v) is 7.03. The molecule has 1 aliphatic carbocycles. The highest BCUT2D eigenvalue weighted by atomic mass is 16.8. The van der Waals surface area contributed by atoms with E-state index in [1.54, 1.807) is 75.4 Å². The van der Waals surface area contributed by atoms with Crippen LogP contribution in [0.2, 0.25) is 0 Å². The minimum absolute atomic E-state index is 0.0723. The largest absolute Gasteiger partial charge is 0.482 e. The number of esters is 2. The lowest BCUT2D eigenvalue weighted by molar-refractivity contribution is -0.293. The SMILES string of the molecule is CC(C)(C)OC(=O)COc1ccc2c(c1)OC1=CC(O)C=CC1=C2c1ccccc1C(=O)OCC(=O)NCCOCCOCCNC(=O)OC(C)(O)O. The third kappa shape index (κ3) is 13.0. The predicted octanol–water partition coefficient (Wildman–Crippen LogP) is 2.11. The molecular weight excluding hydrogens is 696 g/mol. The molecule has 0 saturated heterocycles. The van der Waals surface area contributed by atoms with Gasteiger partial charge in [-0.15, -0.1) is 0 Å². The Kier molecular flexibility index (Phi) is 14.1. The number of rotatable bonds is 17. The monoisotopic (exact) mass is 740 g/mol. The number of ether oxygens (including phenoxy) is 7. The highest BCUT2D eigenvalue weighted by Gasteiger charge is 2.30. The van der Waals surface area contributed by atoms with Crippen LogP contribution in [-0.4, -0.2) is 110 Å². The van der Waals surface area contributed by atoms with Crippen LogP contribution in [0.1, 0.15) is 49.2 Å². The minimum atomic E-state index is -2.57. The molecule has 5 N–H and O–H groups in total. The van der Waals surface area contributed by atoms with E-state index in [1.807, 2.05) is 0 Å². The molecule has 0 spiro atoms. The molecule has 2 aliphatic rings. The number of nitrogens with one attached hydrogen (secondary N) is 2. The van der Waals surface area contributed by atoms with Gasteiger partial charge in [0.25, 0.3) is 5.91 Å². The number of alkyl carbamates (subject to hydrolysis) is 1. The van der Waals surface area contributed by atoms with Crippen molar-refractivity contribution in [3.05, 3.63) is 88.7 Å². The van der Waals surface area contributed by atoms with E-state index >= 15 is 0 Å². The Morgan fingerprint density at radius 2 is 1.55 bits per heavy atom. The summed E-state index contributed by atoms with van der Waals surface area (Å²) >= 11 is 0. The molecule has 0 radical (unpaired) electrons.